The molecule has 0 amide bonds. The van der Waals surface area contributed by atoms with E-state index in [1.54, 1.807) is 13.4 Å². The Balaban J connectivity index is 1.42. The van der Waals surface area contributed by atoms with Crippen LogP contribution in [0.3, 0.4) is 0 Å². The van der Waals surface area contributed by atoms with Gasteiger partial charge in [0, 0.05) is 18.7 Å². The van der Waals surface area contributed by atoms with E-state index < -0.39 is 0 Å². The lowest BCUT2D eigenvalue weighted by Crippen LogP contribution is -2.24. The highest BCUT2D eigenvalue weighted by molar-refractivity contribution is 5.65. The molecular weight excluding hydrogens is 419 g/mol. The average Bonchev–Trinajstić information content (AvgIpc) is 3.44. The second-order valence-electron chi connectivity index (χ2n) is 8.37. The van der Waals surface area contributed by atoms with Crippen LogP contribution in [-0.2, 0) is 6.54 Å². The Bertz CT molecular complexity index is 1310. The molecule has 4 heterocycles. The molecule has 8 heteroatoms. The van der Waals surface area contributed by atoms with E-state index in [1.807, 2.05) is 58.8 Å². The first-order chi connectivity index (χ1) is 16.0. The molecule has 1 aliphatic rings. The Morgan fingerprint density at radius 1 is 1.09 bits per heavy atom. The fraction of sp³-hybridized carbons (Fsp3) is 0.280. The average molecular weight is 445 g/mol. The van der Waals surface area contributed by atoms with E-state index in [0.29, 0.717) is 17.6 Å². The standard InChI is InChI=1S/C25H25FN6O/c1-16-12-13-32-24(23(16)18-4-6-19(26)7-5-18)29-22(30-32)11-9-20-8-10-21(25(28-20)33-3)31-14-17(2)27-15-31/h4-11,14-16,23H,12-13H2,1-3H3/b11-9+. The zero-order valence-electron chi connectivity index (χ0n) is 18.8. The van der Waals surface area contributed by atoms with Crippen LogP contribution >= 0.6 is 0 Å². The first kappa shape index (κ1) is 21.1. The second kappa shape index (κ2) is 8.61. The summed E-state index contributed by atoms with van der Waals surface area (Å²) in [4.78, 5) is 13.7. The lowest BCUT2D eigenvalue weighted by atomic mass is 9.82. The van der Waals surface area contributed by atoms with Crippen LogP contribution in [0.15, 0.2) is 48.9 Å². The number of hydrogen-bond acceptors (Lipinski definition) is 5. The quantitative estimate of drug-likeness (QED) is 0.448. The number of imidazole rings is 1. The third-order valence-electron chi connectivity index (χ3n) is 6.04. The van der Waals surface area contributed by atoms with Gasteiger partial charge in [0.2, 0.25) is 5.88 Å². The third-order valence-corrected chi connectivity index (χ3v) is 6.04. The Labute approximate surface area is 191 Å². The van der Waals surface area contributed by atoms with Crippen molar-refractivity contribution < 1.29 is 9.13 Å². The summed E-state index contributed by atoms with van der Waals surface area (Å²) in [7, 11) is 1.60. The fourth-order valence-corrected chi connectivity index (χ4v) is 4.33. The summed E-state index contributed by atoms with van der Waals surface area (Å²) in [5.74, 6) is 2.30. The van der Waals surface area contributed by atoms with Crippen LogP contribution < -0.4 is 4.74 Å². The molecule has 0 bridgehead atoms. The van der Waals surface area contributed by atoms with Crippen molar-refractivity contribution in [2.45, 2.75) is 32.7 Å². The highest BCUT2D eigenvalue weighted by atomic mass is 19.1. The monoisotopic (exact) mass is 444 g/mol. The minimum Gasteiger partial charge on any atom is -0.479 e. The summed E-state index contributed by atoms with van der Waals surface area (Å²) >= 11 is 0. The van der Waals surface area contributed by atoms with E-state index in [0.717, 1.165) is 41.4 Å². The molecule has 0 saturated heterocycles. The molecule has 7 nitrogen and oxygen atoms in total. The Hall–Kier alpha value is -3.81. The number of methoxy groups -OCH3 is 1. The van der Waals surface area contributed by atoms with Crippen molar-refractivity contribution in [2.24, 2.45) is 5.92 Å². The molecule has 0 radical (unpaired) electrons. The number of aryl methyl sites for hydroxylation is 2. The lowest BCUT2D eigenvalue weighted by molar-refractivity contribution is 0.347. The highest BCUT2D eigenvalue weighted by Crippen LogP contribution is 2.36. The number of rotatable bonds is 5. The topological polar surface area (TPSA) is 70.7 Å². The molecule has 0 spiro atoms. The molecule has 2 atom stereocenters. The van der Waals surface area contributed by atoms with Crippen molar-refractivity contribution in [1.29, 1.82) is 0 Å². The summed E-state index contributed by atoms with van der Waals surface area (Å²) in [6.45, 7) is 4.97. The van der Waals surface area contributed by atoms with E-state index in [2.05, 4.69) is 22.0 Å². The van der Waals surface area contributed by atoms with Crippen LogP contribution in [0, 0.1) is 18.7 Å². The maximum absolute atomic E-state index is 13.4. The van der Waals surface area contributed by atoms with Gasteiger partial charge in [0.15, 0.2) is 5.82 Å². The van der Waals surface area contributed by atoms with E-state index in [-0.39, 0.29) is 11.7 Å². The molecule has 1 aliphatic heterocycles. The number of benzene rings is 1. The molecule has 168 valence electrons. The summed E-state index contributed by atoms with van der Waals surface area (Å²) in [6.07, 6.45) is 8.40. The SMILES string of the molecule is COc1nc(/C=C/c2nc3n(n2)CCC(C)C3c2ccc(F)cc2)ccc1-n1cnc(C)c1. The van der Waals surface area contributed by atoms with E-state index in [4.69, 9.17) is 9.72 Å². The Kier molecular flexibility index (Phi) is 5.50. The van der Waals surface area contributed by atoms with E-state index >= 15 is 0 Å². The number of pyridine rings is 1. The first-order valence-electron chi connectivity index (χ1n) is 11.0. The second-order valence-corrected chi connectivity index (χ2v) is 8.37. The molecule has 2 unspecified atom stereocenters. The molecule has 0 saturated carbocycles. The molecular formula is C25H25FN6O. The zero-order valence-corrected chi connectivity index (χ0v) is 18.8. The summed E-state index contributed by atoms with van der Waals surface area (Å²) < 4.78 is 22.8. The van der Waals surface area contributed by atoms with Gasteiger partial charge in [0.05, 0.1) is 24.8 Å². The van der Waals surface area contributed by atoms with Gasteiger partial charge in [0.25, 0.3) is 0 Å². The van der Waals surface area contributed by atoms with Crippen LogP contribution in [0.2, 0.25) is 0 Å². The van der Waals surface area contributed by atoms with Crippen molar-refractivity contribution in [3.8, 4) is 11.6 Å². The van der Waals surface area contributed by atoms with Gasteiger partial charge in [-0.15, -0.1) is 0 Å². The normalized spacial score (nSPS) is 17.9. The molecule has 4 aromatic rings. The van der Waals surface area contributed by atoms with E-state index in [1.165, 1.54) is 12.1 Å². The number of hydrogen-bond donors (Lipinski definition) is 0. The van der Waals surface area contributed by atoms with Crippen molar-refractivity contribution in [1.82, 2.24) is 29.3 Å². The van der Waals surface area contributed by atoms with Crippen LogP contribution in [0.5, 0.6) is 5.88 Å². The minimum absolute atomic E-state index is 0.0881. The predicted octanol–water partition coefficient (Wildman–Crippen LogP) is 4.66. The molecule has 0 aliphatic carbocycles. The molecule has 5 rings (SSSR count). The Morgan fingerprint density at radius 3 is 2.64 bits per heavy atom. The fourth-order valence-electron chi connectivity index (χ4n) is 4.33. The van der Waals surface area contributed by atoms with Crippen molar-refractivity contribution in [3.63, 3.8) is 0 Å². The summed E-state index contributed by atoms with van der Waals surface area (Å²) in [5.41, 5.74) is 3.54. The van der Waals surface area contributed by atoms with Crippen LogP contribution in [0.4, 0.5) is 4.39 Å². The molecule has 0 fully saturated rings. The predicted molar refractivity (Wildman–Crippen MR) is 124 cm³/mol. The smallest absolute Gasteiger partial charge is 0.238 e. The van der Waals surface area contributed by atoms with Gasteiger partial charge in [-0.25, -0.2) is 24.0 Å². The number of nitrogens with zero attached hydrogens (tertiary/aromatic N) is 6. The molecule has 33 heavy (non-hydrogen) atoms. The van der Waals surface area contributed by atoms with E-state index in [9.17, 15) is 4.39 Å². The van der Waals surface area contributed by atoms with Crippen molar-refractivity contribution in [3.05, 3.63) is 83.3 Å². The van der Waals surface area contributed by atoms with Gasteiger partial charge in [-0.2, -0.15) is 5.10 Å². The van der Waals surface area contributed by atoms with Gasteiger partial charge in [-0.05, 0) is 61.2 Å². The summed E-state index contributed by atoms with van der Waals surface area (Å²) in [6, 6.07) is 10.6. The summed E-state index contributed by atoms with van der Waals surface area (Å²) in [5, 5.41) is 4.68. The van der Waals surface area contributed by atoms with Gasteiger partial charge in [-0.3, -0.25) is 0 Å². The van der Waals surface area contributed by atoms with Crippen LogP contribution in [0.1, 0.15) is 47.9 Å². The number of halogens is 1. The van der Waals surface area contributed by atoms with Crippen LogP contribution in [-0.4, -0.2) is 36.4 Å². The van der Waals surface area contributed by atoms with Crippen molar-refractivity contribution in [2.75, 3.05) is 7.11 Å². The maximum atomic E-state index is 13.4. The maximum Gasteiger partial charge on any atom is 0.238 e. The largest absolute Gasteiger partial charge is 0.479 e. The minimum atomic E-state index is -0.232. The van der Waals surface area contributed by atoms with Gasteiger partial charge in [0.1, 0.15) is 17.3 Å². The highest BCUT2D eigenvalue weighted by Gasteiger charge is 2.31. The molecule has 1 aromatic carbocycles. The first-order valence-corrected chi connectivity index (χ1v) is 11.0. The number of fused-ring (bicyclic) bond motifs is 1. The molecule has 0 N–H and O–H groups in total. The van der Waals surface area contributed by atoms with Crippen LogP contribution in [0.25, 0.3) is 17.8 Å². The lowest BCUT2D eigenvalue weighted by Gasteiger charge is -2.28. The number of ether oxygens (including phenoxy) is 1. The van der Waals surface area contributed by atoms with Gasteiger partial charge in [-0.1, -0.05) is 19.1 Å². The zero-order chi connectivity index (χ0) is 22.9. The Morgan fingerprint density at radius 2 is 1.91 bits per heavy atom. The van der Waals surface area contributed by atoms with Crippen molar-refractivity contribution >= 4 is 12.2 Å². The molecule has 3 aromatic heterocycles. The van der Waals surface area contributed by atoms with Gasteiger partial charge < -0.3 is 9.30 Å². The number of aromatic nitrogens is 6. The third kappa shape index (κ3) is 4.16. The van der Waals surface area contributed by atoms with Gasteiger partial charge >= 0.3 is 0 Å².